The van der Waals surface area contributed by atoms with Crippen molar-refractivity contribution in [1.29, 1.82) is 5.26 Å². The van der Waals surface area contributed by atoms with Crippen LogP contribution in [-0.4, -0.2) is 69.2 Å². The molecule has 0 radical (unpaired) electrons. The lowest BCUT2D eigenvalue weighted by molar-refractivity contribution is -0.0365. The Hall–Kier alpha value is -2.89. The molecule has 2 saturated heterocycles. The van der Waals surface area contributed by atoms with E-state index in [1.807, 2.05) is 34.8 Å². The summed E-state index contributed by atoms with van der Waals surface area (Å²) in [5.74, 6) is 0. The molecule has 3 fully saturated rings. The number of aryl methyl sites for hydroxylation is 1. The van der Waals surface area contributed by atoms with Crippen LogP contribution in [-0.2, 0) is 11.8 Å². The molecule has 0 amide bonds. The van der Waals surface area contributed by atoms with E-state index in [-0.39, 0.29) is 5.41 Å². The summed E-state index contributed by atoms with van der Waals surface area (Å²) in [5, 5.41) is 18.5. The fourth-order valence-electron chi connectivity index (χ4n) is 6.29. The van der Waals surface area contributed by atoms with Crippen molar-refractivity contribution in [3.63, 3.8) is 0 Å². The molecule has 3 aliphatic rings. The largest absolute Gasteiger partial charge is 0.383 e. The molecule has 166 valence electrons. The van der Waals surface area contributed by atoms with Gasteiger partial charge >= 0.3 is 0 Å². The number of nitriles is 1. The number of hydrogen-bond donors (Lipinski definition) is 0. The molecule has 3 aromatic heterocycles. The first kappa shape index (κ1) is 19.8. The lowest BCUT2D eigenvalue weighted by Crippen LogP contribution is -2.62. The minimum atomic E-state index is -0.276. The molecular weight excluding hydrogens is 402 g/mol. The fraction of sp³-hybridized carbons (Fsp3) is 0.542. The highest BCUT2D eigenvalue weighted by Gasteiger charge is 2.53. The average molecular weight is 432 g/mol. The molecule has 8 heteroatoms. The molecule has 2 atom stereocenters. The number of nitrogens with zero attached hydrogens (tertiary/aromatic N) is 7. The van der Waals surface area contributed by atoms with Gasteiger partial charge < -0.3 is 9.64 Å². The van der Waals surface area contributed by atoms with Crippen LogP contribution in [0.3, 0.4) is 0 Å². The molecule has 0 N–H and O–H groups in total. The predicted octanol–water partition coefficient (Wildman–Crippen LogP) is 2.71. The highest BCUT2D eigenvalue weighted by Crippen LogP contribution is 2.48. The van der Waals surface area contributed by atoms with Gasteiger partial charge in [0.1, 0.15) is 0 Å². The van der Waals surface area contributed by atoms with Gasteiger partial charge in [-0.3, -0.25) is 9.58 Å². The van der Waals surface area contributed by atoms with E-state index in [9.17, 15) is 5.26 Å². The maximum absolute atomic E-state index is 9.64. The minimum absolute atomic E-state index is 0.276. The Kier molecular flexibility index (Phi) is 4.52. The zero-order chi connectivity index (χ0) is 21.9. The van der Waals surface area contributed by atoms with Gasteiger partial charge in [0.15, 0.2) is 0 Å². The Balaban J connectivity index is 1.23. The minimum Gasteiger partial charge on any atom is -0.383 e. The van der Waals surface area contributed by atoms with E-state index in [0.717, 1.165) is 42.6 Å². The summed E-state index contributed by atoms with van der Waals surface area (Å²) in [7, 11) is 3.64. The second-order valence-corrected chi connectivity index (χ2v) is 9.80. The fourth-order valence-corrected chi connectivity index (χ4v) is 6.29. The Morgan fingerprint density at radius 1 is 1.12 bits per heavy atom. The van der Waals surface area contributed by atoms with E-state index in [2.05, 4.69) is 44.4 Å². The number of piperazine rings is 1. The molecule has 2 bridgehead atoms. The lowest BCUT2D eigenvalue weighted by atomic mass is 9.66. The molecule has 6 rings (SSSR count). The molecule has 2 unspecified atom stereocenters. The van der Waals surface area contributed by atoms with Gasteiger partial charge in [-0.25, -0.2) is 4.52 Å². The summed E-state index contributed by atoms with van der Waals surface area (Å²) in [6.45, 7) is 2.62. The van der Waals surface area contributed by atoms with E-state index in [0.29, 0.717) is 24.7 Å². The Morgan fingerprint density at radius 2 is 1.91 bits per heavy atom. The first-order valence-electron chi connectivity index (χ1n) is 11.5. The number of hydrogen-bond acceptors (Lipinski definition) is 6. The van der Waals surface area contributed by atoms with Crippen molar-refractivity contribution in [2.24, 2.45) is 12.5 Å². The third kappa shape index (κ3) is 3.03. The number of methoxy groups -OCH3 is 1. The molecular formula is C24H29N7O. The molecule has 2 aliphatic heterocycles. The standard InChI is InChI=1S/C24H29N7O/c1-28-11-18(10-27-28)17-7-23-22(5-6-26-30(23)12-17)29-13-19-3-4-20(14-29)31(19)21-8-24(9-21,15-25)16-32-2/h5-7,10-12,19-21H,3-4,8-9,13-14,16H2,1-2H3. The van der Waals surface area contributed by atoms with Crippen molar-refractivity contribution in [3.05, 3.63) is 36.9 Å². The summed E-state index contributed by atoms with van der Waals surface area (Å²) < 4.78 is 9.15. The average Bonchev–Trinajstić information content (AvgIpc) is 3.45. The molecule has 8 nitrogen and oxygen atoms in total. The van der Waals surface area contributed by atoms with Gasteiger partial charge in [0.2, 0.25) is 0 Å². The van der Waals surface area contributed by atoms with Crippen LogP contribution in [0.4, 0.5) is 5.69 Å². The van der Waals surface area contributed by atoms with Gasteiger partial charge in [-0.1, -0.05) is 0 Å². The highest BCUT2D eigenvalue weighted by molar-refractivity contribution is 5.79. The van der Waals surface area contributed by atoms with E-state index in [4.69, 9.17) is 4.74 Å². The number of aromatic nitrogens is 4. The maximum atomic E-state index is 9.64. The van der Waals surface area contributed by atoms with E-state index < -0.39 is 0 Å². The SMILES string of the molecule is COCC1(C#N)CC(N2C3CCC2CN(c2ccnn4cc(-c5cnn(C)c5)cc24)C3)C1. The van der Waals surface area contributed by atoms with Crippen LogP contribution in [0, 0.1) is 16.7 Å². The van der Waals surface area contributed by atoms with Gasteiger partial charge in [-0.2, -0.15) is 15.5 Å². The monoisotopic (exact) mass is 431 g/mol. The molecule has 3 aromatic rings. The smallest absolute Gasteiger partial charge is 0.0886 e. The third-order valence-corrected chi connectivity index (χ3v) is 7.74. The van der Waals surface area contributed by atoms with Crippen LogP contribution in [0.15, 0.2) is 36.9 Å². The summed E-state index contributed by atoms with van der Waals surface area (Å²) in [6, 6.07) is 8.54. The van der Waals surface area contributed by atoms with Crippen LogP contribution in [0.5, 0.6) is 0 Å². The zero-order valence-corrected chi connectivity index (χ0v) is 18.7. The molecule has 1 saturated carbocycles. The van der Waals surface area contributed by atoms with Crippen LogP contribution in [0.2, 0.25) is 0 Å². The summed E-state index contributed by atoms with van der Waals surface area (Å²) in [6.07, 6.45) is 12.3. The molecule has 5 heterocycles. The van der Waals surface area contributed by atoms with E-state index >= 15 is 0 Å². The number of fused-ring (bicyclic) bond motifs is 3. The van der Waals surface area contributed by atoms with Gasteiger partial charge in [0.25, 0.3) is 0 Å². The van der Waals surface area contributed by atoms with E-state index in [1.54, 1.807) is 7.11 Å². The summed E-state index contributed by atoms with van der Waals surface area (Å²) >= 11 is 0. The van der Waals surface area contributed by atoms with Gasteiger partial charge in [-0.15, -0.1) is 0 Å². The van der Waals surface area contributed by atoms with Crippen molar-refractivity contribution >= 4 is 11.2 Å². The Morgan fingerprint density at radius 3 is 2.56 bits per heavy atom. The molecule has 32 heavy (non-hydrogen) atoms. The Bertz CT molecular complexity index is 1170. The van der Waals surface area contributed by atoms with Gasteiger partial charge in [0, 0.05) is 75.1 Å². The lowest BCUT2D eigenvalue weighted by Gasteiger charge is -2.53. The van der Waals surface area contributed by atoms with Crippen LogP contribution >= 0.6 is 0 Å². The number of rotatable bonds is 5. The van der Waals surface area contributed by atoms with Crippen molar-refractivity contribution in [2.45, 2.75) is 43.8 Å². The molecule has 0 aromatic carbocycles. The normalized spacial score (nSPS) is 29.9. The Labute approximate surface area is 188 Å². The van der Waals surface area contributed by atoms with Gasteiger partial charge in [-0.05, 0) is 37.8 Å². The summed E-state index contributed by atoms with van der Waals surface area (Å²) in [5.41, 5.74) is 4.37. The van der Waals surface area contributed by atoms with Crippen molar-refractivity contribution in [2.75, 3.05) is 31.7 Å². The van der Waals surface area contributed by atoms with Crippen LogP contribution in [0.1, 0.15) is 25.7 Å². The van der Waals surface area contributed by atoms with Gasteiger partial charge in [0.05, 0.1) is 35.5 Å². The summed E-state index contributed by atoms with van der Waals surface area (Å²) in [4.78, 5) is 5.29. The van der Waals surface area contributed by atoms with E-state index in [1.165, 1.54) is 18.5 Å². The highest BCUT2D eigenvalue weighted by atomic mass is 16.5. The van der Waals surface area contributed by atoms with Crippen molar-refractivity contribution in [1.82, 2.24) is 24.3 Å². The molecule has 0 spiro atoms. The zero-order valence-electron chi connectivity index (χ0n) is 18.7. The maximum Gasteiger partial charge on any atom is 0.0886 e. The predicted molar refractivity (Wildman–Crippen MR) is 121 cm³/mol. The van der Waals surface area contributed by atoms with Crippen LogP contribution < -0.4 is 4.90 Å². The number of anilines is 1. The first-order valence-corrected chi connectivity index (χ1v) is 11.5. The molecule has 1 aliphatic carbocycles. The number of ether oxygens (including phenoxy) is 1. The first-order chi connectivity index (χ1) is 15.6. The van der Waals surface area contributed by atoms with Crippen molar-refractivity contribution < 1.29 is 4.74 Å². The topological polar surface area (TPSA) is 74.6 Å². The quantitative estimate of drug-likeness (QED) is 0.618. The second-order valence-electron chi connectivity index (χ2n) is 9.80. The van der Waals surface area contributed by atoms with Crippen LogP contribution in [0.25, 0.3) is 16.6 Å². The second kappa shape index (κ2) is 7.32. The third-order valence-electron chi connectivity index (χ3n) is 7.74. The van der Waals surface area contributed by atoms with Crippen molar-refractivity contribution in [3.8, 4) is 17.2 Å².